The Labute approximate surface area is 154 Å². The van der Waals surface area contributed by atoms with Crippen molar-refractivity contribution in [3.05, 3.63) is 34.4 Å². The number of nitrogens with one attached hydrogen (secondary N) is 3. The molecule has 0 aliphatic rings. The van der Waals surface area contributed by atoms with E-state index in [9.17, 15) is 18.5 Å². The second-order valence-corrected chi connectivity index (χ2v) is 7.31. The third-order valence-corrected chi connectivity index (χ3v) is 4.88. The molecule has 0 aliphatic carbocycles. The van der Waals surface area contributed by atoms with Crippen molar-refractivity contribution < 1.29 is 13.3 Å². The van der Waals surface area contributed by atoms with E-state index in [2.05, 4.69) is 27.3 Å². The molecule has 1 aromatic carbocycles. The van der Waals surface area contributed by atoms with Crippen molar-refractivity contribution in [2.24, 2.45) is 4.99 Å². The van der Waals surface area contributed by atoms with Gasteiger partial charge in [-0.3, -0.25) is 15.1 Å². The molecule has 0 amide bonds. The molecule has 0 atom stereocenters. The minimum Gasteiger partial charge on any atom is -0.357 e. The highest BCUT2D eigenvalue weighted by molar-refractivity contribution is 7.89. The van der Waals surface area contributed by atoms with Gasteiger partial charge < -0.3 is 10.6 Å². The zero-order chi connectivity index (χ0) is 19.4. The van der Waals surface area contributed by atoms with Gasteiger partial charge in [-0.05, 0) is 19.4 Å². The molecule has 10 heteroatoms. The summed E-state index contributed by atoms with van der Waals surface area (Å²) >= 11 is 0. The topological polar surface area (TPSA) is 126 Å². The number of unbranched alkanes of at least 4 members (excludes halogenated alkanes) is 2. The van der Waals surface area contributed by atoms with Crippen LogP contribution in [0.3, 0.4) is 0 Å². The van der Waals surface area contributed by atoms with Gasteiger partial charge >= 0.3 is 0 Å². The lowest BCUT2D eigenvalue weighted by atomic mass is 10.2. The molecule has 1 rings (SSSR count). The molecule has 146 valence electrons. The van der Waals surface area contributed by atoms with Crippen molar-refractivity contribution in [3.8, 4) is 0 Å². The third-order valence-electron chi connectivity index (χ3n) is 3.42. The largest absolute Gasteiger partial charge is 0.357 e. The smallest absolute Gasteiger partial charge is 0.270 e. The molecule has 0 aliphatic heterocycles. The highest BCUT2D eigenvalue weighted by Crippen LogP contribution is 2.16. The molecule has 1 aromatic rings. The Hall–Kier alpha value is -2.20. The van der Waals surface area contributed by atoms with Crippen LogP contribution < -0.4 is 15.4 Å². The Morgan fingerprint density at radius 1 is 1.19 bits per heavy atom. The van der Waals surface area contributed by atoms with Crippen molar-refractivity contribution in [2.45, 2.75) is 38.0 Å². The molecule has 0 aromatic heterocycles. The standard InChI is InChI=1S/C16H27N5O4S/c1-3-5-6-10-18-16(17-4-2)19-11-12-20-26(24,25)15-9-7-8-14(13-15)21(22)23/h7-9,13,20H,3-6,10-12H2,1-2H3,(H2,17,18,19). The maximum atomic E-state index is 12.2. The van der Waals surface area contributed by atoms with Crippen molar-refractivity contribution in [2.75, 3.05) is 26.2 Å². The summed E-state index contributed by atoms with van der Waals surface area (Å²) in [6, 6.07) is 4.95. The average molecular weight is 385 g/mol. The molecule has 0 bridgehead atoms. The van der Waals surface area contributed by atoms with Gasteiger partial charge in [0.2, 0.25) is 10.0 Å². The summed E-state index contributed by atoms with van der Waals surface area (Å²) in [5, 5.41) is 16.9. The lowest BCUT2D eigenvalue weighted by Crippen LogP contribution is -2.41. The lowest BCUT2D eigenvalue weighted by Gasteiger charge is -2.12. The van der Waals surface area contributed by atoms with Crippen molar-refractivity contribution in [1.29, 1.82) is 0 Å². The van der Waals surface area contributed by atoms with E-state index in [0.717, 1.165) is 25.3 Å². The number of non-ortho nitro benzene ring substituents is 1. The molecule has 26 heavy (non-hydrogen) atoms. The van der Waals surface area contributed by atoms with Gasteiger partial charge in [-0.2, -0.15) is 0 Å². The van der Waals surface area contributed by atoms with Gasteiger partial charge in [0.05, 0.1) is 9.82 Å². The van der Waals surface area contributed by atoms with Crippen molar-refractivity contribution in [3.63, 3.8) is 0 Å². The van der Waals surface area contributed by atoms with E-state index in [4.69, 9.17) is 0 Å². The first-order valence-corrected chi connectivity index (χ1v) is 10.1. The predicted molar refractivity (Wildman–Crippen MR) is 102 cm³/mol. The Morgan fingerprint density at radius 2 is 1.96 bits per heavy atom. The number of guanidine groups is 1. The van der Waals surface area contributed by atoms with Gasteiger partial charge in [-0.25, -0.2) is 13.1 Å². The first kappa shape index (κ1) is 21.8. The molecule has 0 heterocycles. The van der Waals surface area contributed by atoms with Gasteiger partial charge in [0.15, 0.2) is 5.96 Å². The fourth-order valence-electron chi connectivity index (χ4n) is 2.11. The average Bonchev–Trinajstić information content (AvgIpc) is 2.62. The third kappa shape index (κ3) is 7.79. The van der Waals surface area contributed by atoms with Crippen LogP contribution in [-0.4, -0.2) is 45.5 Å². The number of nitro groups is 1. The van der Waals surface area contributed by atoms with Crippen LogP contribution in [0, 0.1) is 10.1 Å². The lowest BCUT2D eigenvalue weighted by molar-refractivity contribution is -0.385. The molecular formula is C16H27N5O4S. The van der Waals surface area contributed by atoms with E-state index in [1.165, 1.54) is 18.2 Å². The molecular weight excluding hydrogens is 358 g/mol. The van der Waals surface area contributed by atoms with Crippen LogP contribution in [0.1, 0.15) is 33.1 Å². The number of hydrogen-bond donors (Lipinski definition) is 3. The number of rotatable bonds is 11. The summed E-state index contributed by atoms with van der Waals surface area (Å²) in [6.45, 7) is 5.97. The van der Waals surface area contributed by atoms with Crippen molar-refractivity contribution in [1.82, 2.24) is 15.4 Å². The Bertz CT molecular complexity index is 706. The summed E-state index contributed by atoms with van der Waals surface area (Å²) < 4.78 is 26.8. The molecule has 0 fully saturated rings. The summed E-state index contributed by atoms with van der Waals surface area (Å²) in [6.07, 6.45) is 3.25. The number of nitrogens with zero attached hydrogens (tertiary/aromatic N) is 2. The molecule has 9 nitrogen and oxygen atoms in total. The van der Waals surface area contributed by atoms with Crippen LogP contribution in [0.4, 0.5) is 5.69 Å². The Morgan fingerprint density at radius 3 is 2.62 bits per heavy atom. The number of aliphatic imine (C=N–C) groups is 1. The van der Waals surface area contributed by atoms with Crippen LogP contribution in [0.5, 0.6) is 0 Å². The molecule has 0 saturated heterocycles. The normalized spacial score (nSPS) is 12.0. The molecule has 0 unspecified atom stereocenters. The summed E-state index contributed by atoms with van der Waals surface area (Å²) in [7, 11) is -3.81. The zero-order valence-corrected chi connectivity index (χ0v) is 16.0. The number of benzene rings is 1. The maximum absolute atomic E-state index is 12.2. The maximum Gasteiger partial charge on any atom is 0.270 e. The SMILES string of the molecule is CCCCCN=C(NCC)NCCNS(=O)(=O)c1cccc([N+](=O)[O-])c1. The minimum absolute atomic E-state index is 0.129. The van der Waals surface area contributed by atoms with Gasteiger partial charge in [0, 0.05) is 38.3 Å². The first-order chi connectivity index (χ1) is 12.4. The van der Waals surface area contributed by atoms with Crippen LogP contribution in [-0.2, 0) is 10.0 Å². The van der Waals surface area contributed by atoms with E-state index in [1.54, 1.807) is 0 Å². The molecule has 0 spiro atoms. The van der Waals surface area contributed by atoms with E-state index in [-0.39, 0.29) is 17.1 Å². The Kier molecular flexibility index (Phi) is 9.60. The van der Waals surface area contributed by atoms with Crippen LogP contribution in [0.2, 0.25) is 0 Å². The second kappa shape index (κ2) is 11.4. The van der Waals surface area contributed by atoms with E-state index in [0.29, 0.717) is 25.6 Å². The summed E-state index contributed by atoms with van der Waals surface area (Å²) in [4.78, 5) is 14.4. The van der Waals surface area contributed by atoms with Gasteiger partial charge in [0.1, 0.15) is 0 Å². The van der Waals surface area contributed by atoms with Gasteiger partial charge in [-0.15, -0.1) is 0 Å². The monoisotopic (exact) mass is 385 g/mol. The van der Waals surface area contributed by atoms with Gasteiger partial charge in [0.25, 0.3) is 5.69 Å². The molecule has 0 radical (unpaired) electrons. The number of sulfonamides is 1. The van der Waals surface area contributed by atoms with Crippen LogP contribution in [0.15, 0.2) is 34.2 Å². The number of hydrogen-bond acceptors (Lipinski definition) is 5. The molecule has 3 N–H and O–H groups in total. The van der Waals surface area contributed by atoms with E-state index >= 15 is 0 Å². The van der Waals surface area contributed by atoms with Crippen LogP contribution >= 0.6 is 0 Å². The van der Waals surface area contributed by atoms with Gasteiger partial charge in [-0.1, -0.05) is 25.8 Å². The summed E-state index contributed by atoms with van der Waals surface area (Å²) in [5.74, 6) is 0.637. The fraction of sp³-hybridized carbons (Fsp3) is 0.562. The quantitative estimate of drug-likeness (QED) is 0.175. The highest BCUT2D eigenvalue weighted by Gasteiger charge is 2.16. The van der Waals surface area contributed by atoms with E-state index < -0.39 is 14.9 Å². The summed E-state index contributed by atoms with van der Waals surface area (Å²) in [5.41, 5.74) is -0.264. The first-order valence-electron chi connectivity index (χ1n) is 8.67. The predicted octanol–water partition coefficient (Wildman–Crippen LogP) is 1.62. The van der Waals surface area contributed by atoms with E-state index in [1.807, 2.05) is 6.92 Å². The fourth-order valence-corrected chi connectivity index (χ4v) is 3.18. The molecule has 0 saturated carbocycles. The second-order valence-electron chi connectivity index (χ2n) is 5.55. The Balaban J connectivity index is 2.54. The minimum atomic E-state index is -3.81. The number of nitro benzene ring substituents is 1. The van der Waals surface area contributed by atoms with Crippen molar-refractivity contribution >= 4 is 21.7 Å². The highest BCUT2D eigenvalue weighted by atomic mass is 32.2. The zero-order valence-electron chi connectivity index (χ0n) is 15.2. The van der Waals surface area contributed by atoms with Crippen LogP contribution in [0.25, 0.3) is 0 Å².